The Balaban J connectivity index is 1.58. The zero-order valence-electron chi connectivity index (χ0n) is 11.9. The average Bonchev–Trinajstić information content (AvgIpc) is 3.11. The number of likely N-dealkylation sites (tertiary alicyclic amines) is 1. The van der Waals surface area contributed by atoms with Crippen molar-refractivity contribution in [2.24, 2.45) is 5.92 Å². The topological polar surface area (TPSA) is 32.3 Å². The van der Waals surface area contributed by atoms with Gasteiger partial charge in [0.05, 0.1) is 0 Å². The molecular weight excluding hydrogens is 255 g/mol. The minimum Gasteiger partial charge on any atom is -0.337 e. The second kappa shape index (κ2) is 5.08. The summed E-state index contributed by atoms with van der Waals surface area (Å²) in [6.07, 6.45) is 3.22. The van der Waals surface area contributed by atoms with Crippen LogP contribution in [-0.2, 0) is 5.41 Å². The molecule has 1 saturated heterocycles. The van der Waals surface area contributed by atoms with E-state index in [-0.39, 0.29) is 17.3 Å². The highest BCUT2D eigenvalue weighted by atomic mass is 19.1. The van der Waals surface area contributed by atoms with Gasteiger partial charge in [0.1, 0.15) is 5.82 Å². The molecule has 2 amide bonds. The Morgan fingerprint density at radius 2 is 2.10 bits per heavy atom. The molecule has 1 saturated carbocycles. The van der Waals surface area contributed by atoms with E-state index in [4.69, 9.17) is 0 Å². The minimum atomic E-state index is -0.209. The number of benzene rings is 1. The van der Waals surface area contributed by atoms with E-state index in [0.717, 1.165) is 37.9 Å². The number of amides is 2. The molecule has 0 bridgehead atoms. The van der Waals surface area contributed by atoms with Crippen LogP contribution in [0.4, 0.5) is 9.18 Å². The maximum atomic E-state index is 13.0. The molecule has 108 valence electrons. The fourth-order valence-corrected chi connectivity index (χ4v) is 3.00. The Kier molecular flexibility index (Phi) is 3.40. The van der Waals surface area contributed by atoms with E-state index in [0.29, 0.717) is 12.5 Å². The number of carbonyl (C=O) groups excluding carboxylic acids is 1. The first-order chi connectivity index (χ1) is 9.59. The average molecular weight is 276 g/mol. The van der Waals surface area contributed by atoms with E-state index in [9.17, 15) is 9.18 Å². The molecule has 1 unspecified atom stereocenters. The molecule has 2 aliphatic rings. The van der Waals surface area contributed by atoms with Gasteiger partial charge in [0.2, 0.25) is 0 Å². The summed E-state index contributed by atoms with van der Waals surface area (Å²) in [5.74, 6) is 0.396. The lowest BCUT2D eigenvalue weighted by atomic mass is 9.96. The molecule has 3 nitrogen and oxygen atoms in total. The van der Waals surface area contributed by atoms with Crippen molar-refractivity contribution in [1.82, 2.24) is 10.2 Å². The van der Waals surface area contributed by atoms with Crippen LogP contribution in [0.1, 0.15) is 31.7 Å². The van der Waals surface area contributed by atoms with Gasteiger partial charge in [-0.25, -0.2) is 9.18 Å². The van der Waals surface area contributed by atoms with Gasteiger partial charge in [0, 0.05) is 25.0 Å². The maximum Gasteiger partial charge on any atom is 0.317 e. The van der Waals surface area contributed by atoms with E-state index in [1.807, 2.05) is 17.0 Å². The lowest BCUT2D eigenvalue weighted by Gasteiger charge is -2.21. The lowest BCUT2D eigenvalue weighted by molar-refractivity contribution is 0.206. The molecule has 1 N–H and O–H groups in total. The van der Waals surface area contributed by atoms with E-state index in [1.54, 1.807) is 0 Å². The molecule has 0 radical (unpaired) electrons. The largest absolute Gasteiger partial charge is 0.337 e. The van der Waals surface area contributed by atoms with Gasteiger partial charge in [0.25, 0.3) is 0 Å². The van der Waals surface area contributed by atoms with Gasteiger partial charge in [-0.3, -0.25) is 0 Å². The molecule has 2 fully saturated rings. The smallest absolute Gasteiger partial charge is 0.317 e. The standard InChI is InChI=1S/C16H21FN2O/c1-12-6-9-19(10-12)15(20)18-11-16(7-8-16)13-2-4-14(17)5-3-13/h2-5,12H,6-11H2,1H3,(H,18,20). The second-order valence-electron chi connectivity index (χ2n) is 6.29. The van der Waals surface area contributed by atoms with Crippen LogP contribution < -0.4 is 5.32 Å². The van der Waals surface area contributed by atoms with E-state index in [1.165, 1.54) is 12.1 Å². The van der Waals surface area contributed by atoms with E-state index in [2.05, 4.69) is 12.2 Å². The van der Waals surface area contributed by atoms with Crippen LogP contribution in [0, 0.1) is 11.7 Å². The van der Waals surface area contributed by atoms with E-state index < -0.39 is 0 Å². The second-order valence-corrected chi connectivity index (χ2v) is 6.29. The number of nitrogens with zero attached hydrogens (tertiary/aromatic N) is 1. The third-order valence-corrected chi connectivity index (χ3v) is 4.60. The summed E-state index contributed by atoms with van der Waals surface area (Å²) in [6, 6.07) is 6.72. The van der Waals surface area contributed by atoms with Gasteiger partial charge in [0.15, 0.2) is 0 Å². The molecule has 20 heavy (non-hydrogen) atoms. The minimum absolute atomic E-state index is 0.0364. The molecule has 1 atom stereocenters. The van der Waals surface area contributed by atoms with Crippen LogP contribution in [0.3, 0.4) is 0 Å². The van der Waals surface area contributed by atoms with Crippen LogP contribution in [0.5, 0.6) is 0 Å². The summed E-state index contributed by atoms with van der Waals surface area (Å²) in [7, 11) is 0. The van der Waals surface area contributed by atoms with Gasteiger partial charge in [-0.05, 0) is 42.9 Å². The molecule has 1 aromatic rings. The normalized spacial score (nSPS) is 23.7. The zero-order chi connectivity index (χ0) is 14.2. The Bertz CT molecular complexity index is 496. The fourth-order valence-electron chi connectivity index (χ4n) is 3.00. The van der Waals surface area contributed by atoms with Crippen molar-refractivity contribution in [3.63, 3.8) is 0 Å². The number of hydrogen-bond acceptors (Lipinski definition) is 1. The summed E-state index contributed by atoms with van der Waals surface area (Å²) < 4.78 is 13.0. The highest BCUT2D eigenvalue weighted by Gasteiger charge is 2.44. The third kappa shape index (κ3) is 2.65. The summed E-state index contributed by atoms with van der Waals surface area (Å²) >= 11 is 0. The molecule has 1 heterocycles. The monoisotopic (exact) mass is 276 g/mol. The maximum absolute atomic E-state index is 13.0. The Hall–Kier alpha value is -1.58. The van der Waals surface area contributed by atoms with Gasteiger partial charge in [-0.2, -0.15) is 0 Å². The molecule has 1 aliphatic heterocycles. The summed E-state index contributed by atoms with van der Waals surface area (Å²) in [5, 5.41) is 3.05. The molecule has 0 spiro atoms. The number of halogens is 1. The quantitative estimate of drug-likeness (QED) is 0.904. The summed E-state index contributed by atoms with van der Waals surface area (Å²) in [4.78, 5) is 14.0. The highest BCUT2D eigenvalue weighted by molar-refractivity contribution is 5.74. The number of hydrogen-bond donors (Lipinski definition) is 1. The summed E-state index contributed by atoms with van der Waals surface area (Å²) in [6.45, 7) is 4.54. The molecule has 1 aliphatic carbocycles. The third-order valence-electron chi connectivity index (χ3n) is 4.60. The molecule has 4 heteroatoms. The Labute approximate surface area is 119 Å². The fraction of sp³-hybridized carbons (Fsp3) is 0.562. The molecule has 0 aromatic heterocycles. The number of nitrogens with one attached hydrogen (secondary N) is 1. The van der Waals surface area contributed by atoms with Gasteiger partial charge in [-0.15, -0.1) is 0 Å². The zero-order valence-corrected chi connectivity index (χ0v) is 11.9. The molecule has 3 rings (SSSR count). The van der Waals surface area contributed by atoms with Crippen molar-refractivity contribution in [3.8, 4) is 0 Å². The number of rotatable bonds is 3. The van der Waals surface area contributed by atoms with Crippen LogP contribution in [0.2, 0.25) is 0 Å². The van der Waals surface area contributed by atoms with Crippen molar-refractivity contribution in [1.29, 1.82) is 0 Å². The first-order valence-corrected chi connectivity index (χ1v) is 7.38. The van der Waals surface area contributed by atoms with Crippen molar-refractivity contribution in [2.75, 3.05) is 19.6 Å². The van der Waals surface area contributed by atoms with Gasteiger partial charge < -0.3 is 10.2 Å². The predicted octanol–water partition coefficient (Wildman–Crippen LogP) is 2.91. The first-order valence-electron chi connectivity index (χ1n) is 7.38. The SMILES string of the molecule is CC1CCN(C(=O)NCC2(c3ccc(F)cc3)CC2)C1. The van der Waals surface area contributed by atoms with Crippen molar-refractivity contribution in [2.45, 2.75) is 31.6 Å². The van der Waals surface area contributed by atoms with Crippen LogP contribution in [-0.4, -0.2) is 30.6 Å². The van der Waals surface area contributed by atoms with Crippen LogP contribution >= 0.6 is 0 Å². The van der Waals surface area contributed by atoms with Crippen LogP contribution in [0.25, 0.3) is 0 Å². The molecule has 1 aromatic carbocycles. The van der Waals surface area contributed by atoms with Crippen molar-refractivity contribution < 1.29 is 9.18 Å². The summed E-state index contributed by atoms with van der Waals surface area (Å²) in [5.41, 5.74) is 1.17. The highest BCUT2D eigenvalue weighted by Crippen LogP contribution is 2.47. The van der Waals surface area contributed by atoms with Crippen LogP contribution in [0.15, 0.2) is 24.3 Å². The van der Waals surface area contributed by atoms with Gasteiger partial charge >= 0.3 is 6.03 Å². The van der Waals surface area contributed by atoms with Crippen molar-refractivity contribution in [3.05, 3.63) is 35.6 Å². The molecular formula is C16H21FN2O. The number of urea groups is 1. The Morgan fingerprint density at radius 1 is 1.40 bits per heavy atom. The first kappa shape index (κ1) is 13.4. The van der Waals surface area contributed by atoms with Gasteiger partial charge in [-0.1, -0.05) is 19.1 Å². The predicted molar refractivity (Wildman–Crippen MR) is 76.1 cm³/mol. The lowest BCUT2D eigenvalue weighted by Crippen LogP contribution is -2.41. The Morgan fingerprint density at radius 3 is 2.65 bits per heavy atom. The number of carbonyl (C=O) groups is 1. The van der Waals surface area contributed by atoms with Crippen molar-refractivity contribution >= 4 is 6.03 Å². The van der Waals surface area contributed by atoms with E-state index >= 15 is 0 Å².